The summed E-state index contributed by atoms with van der Waals surface area (Å²) in [5, 5.41) is 10.6. The predicted octanol–water partition coefficient (Wildman–Crippen LogP) is 6.60. The number of nitrogens with zero attached hydrogens (tertiary/aromatic N) is 2. The molecule has 10 heteroatoms. The second-order valence-corrected chi connectivity index (χ2v) is 18.0. The predicted molar refractivity (Wildman–Crippen MR) is 176 cm³/mol. The molecule has 1 spiro atoms. The van der Waals surface area contributed by atoms with Crippen LogP contribution in [0.3, 0.4) is 0 Å². The lowest BCUT2D eigenvalue weighted by Crippen LogP contribution is -2.48. The molecule has 226 valence electrons. The number of amides is 2. The Hall–Kier alpha value is -2.31. The monoisotopic (exact) mass is 732 g/mol. The third kappa shape index (κ3) is 5.35. The molecule has 3 aliphatic rings. The van der Waals surface area contributed by atoms with Crippen molar-refractivity contribution in [1.82, 2.24) is 4.90 Å². The minimum absolute atomic E-state index is 0.0736. The van der Waals surface area contributed by atoms with Crippen molar-refractivity contribution >= 4 is 60.1 Å². The zero-order valence-electron chi connectivity index (χ0n) is 24.4. The van der Waals surface area contributed by atoms with Crippen molar-refractivity contribution in [2.24, 2.45) is 5.92 Å². The van der Waals surface area contributed by atoms with Crippen LogP contribution in [0.5, 0.6) is 0 Å². The highest BCUT2D eigenvalue weighted by Crippen LogP contribution is 2.60. The maximum atomic E-state index is 16.3. The number of fused-ring (bicyclic) bond motifs is 3. The summed E-state index contributed by atoms with van der Waals surface area (Å²) in [6.07, 6.45) is -0.330. The summed E-state index contributed by atoms with van der Waals surface area (Å²) in [4.78, 5) is 31.9. The van der Waals surface area contributed by atoms with Gasteiger partial charge in [0, 0.05) is 32.2 Å². The molecule has 2 amide bonds. The first kappa shape index (κ1) is 30.7. The van der Waals surface area contributed by atoms with Crippen molar-refractivity contribution in [3.63, 3.8) is 0 Å². The molecule has 6 nitrogen and oxygen atoms in total. The van der Waals surface area contributed by atoms with Crippen LogP contribution in [-0.4, -0.2) is 49.0 Å². The molecule has 3 aromatic rings. The Labute approximate surface area is 271 Å². The van der Waals surface area contributed by atoms with Gasteiger partial charge < -0.3 is 23.8 Å². The van der Waals surface area contributed by atoms with Crippen LogP contribution in [0.2, 0.25) is 23.7 Å². The van der Waals surface area contributed by atoms with Crippen molar-refractivity contribution in [2.75, 3.05) is 11.5 Å². The zero-order chi connectivity index (χ0) is 30.7. The Kier molecular flexibility index (Phi) is 8.25. The van der Waals surface area contributed by atoms with E-state index >= 15 is 4.11 Å². The minimum atomic E-state index is -3.46. The Morgan fingerprint density at radius 1 is 1.14 bits per heavy atom. The third-order valence-electron chi connectivity index (χ3n) is 9.41. The fourth-order valence-electron chi connectivity index (χ4n) is 7.53. The molecule has 3 aliphatic heterocycles. The number of hydrogen-bond acceptors (Lipinski definition) is 4. The summed E-state index contributed by atoms with van der Waals surface area (Å²) in [6.45, 7) is 5.67. The molecule has 0 unspecified atom stereocenters. The highest BCUT2D eigenvalue weighted by atomic mass is 127. The van der Waals surface area contributed by atoms with Gasteiger partial charge in [0.05, 0.1) is 37.4 Å². The van der Waals surface area contributed by atoms with Crippen LogP contribution in [0.15, 0.2) is 66.7 Å². The number of anilines is 1. The number of ether oxygens (including phenoxy) is 1. The molecule has 0 saturated carbocycles. The molecule has 0 radical (unpaired) electrons. The van der Waals surface area contributed by atoms with Gasteiger partial charge in [0.2, 0.25) is 14.3 Å². The molecule has 0 bridgehead atoms. The molecule has 0 aromatic heterocycles. The average molecular weight is 733 g/mol. The van der Waals surface area contributed by atoms with Gasteiger partial charge in [-0.25, -0.2) is 0 Å². The first-order valence-corrected chi connectivity index (χ1v) is 19.1. The van der Waals surface area contributed by atoms with E-state index in [1.54, 1.807) is 35.0 Å². The van der Waals surface area contributed by atoms with E-state index in [1.807, 2.05) is 61.5 Å². The zero-order valence-corrected chi connectivity index (χ0v) is 28.3. The quantitative estimate of drug-likeness (QED) is 0.176. The lowest BCUT2D eigenvalue weighted by molar-refractivity contribution is -0.151. The van der Waals surface area contributed by atoms with Gasteiger partial charge in [-0.1, -0.05) is 54.9 Å². The molecule has 0 aliphatic carbocycles. The Morgan fingerprint density at radius 3 is 2.58 bits per heavy atom. The first-order valence-electron chi connectivity index (χ1n) is 14.6. The summed E-state index contributed by atoms with van der Waals surface area (Å²) in [6, 6.07) is 20.8. The number of aliphatic hydroxyl groups excluding tert-OH is 1. The van der Waals surface area contributed by atoms with Crippen molar-refractivity contribution in [3.05, 3.63) is 97.6 Å². The highest BCUT2D eigenvalue weighted by Gasteiger charge is 2.67. The van der Waals surface area contributed by atoms with Crippen LogP contribution in [0.25, 0.3) is 0 Å². The molecule has 6 rings (SSSR count). The topological polar surface area (TPSA) is 70.1 Å². The van der Waals surface area contributed by atoms with Crippen LogP contribution >= 0.6 is 34.2 Å². The van der Waals surface area contributed by atoms with E-state index in [0.717, 1.165) is 20.3 Å². The maximum absolute atomic E-state index is 16.3. The van der Waals surface area contributed by atoms with Gasteiger partial charge in [-0.3, -0.25) is 9.59 Å². The van der Waals surface area contributed by atoms with Crippen molar-refractivity contribution in [3.8, 4) is 0 Å². The number of halogens is 3. The van der Waals surface area contributed by atoms with E-state index in [1.165, 1.54) is 0 Å². The maximum Gasteiger partial charge on any atom is 0.264 e. The van der Waals surface area contributed by atoms with Crippen molar-refractivity contribution < 1.29 is 23.5 Å². The van der Waals surface area contributed by atoms with Gasteiger partial charge in [-0.05, 0) is 89.1 Å². The second kappa shape index (κ2) is 11.6. The SMILES string of the molecule is C[C@H]1[C@H]([Si](C)(C)F)[C@@H](CC(=O)N2Cc3ccccc3C[C@H]2CO)O[C@]12C(=O)N(Cc1cccc(I)c1)c1ccc(Cl)cc12. The lowest BCUT2D eigenvalue weighted by atomic mass is 9.82. The van der Waals surface area contributed by atoms with E-state index in [-0.39, 0.29) is 30.9 Å². The molecule has 1 N–H and O–H groups in total. The Balaban J connectivity index is 1.36. The van der Waals surface area contributed by atoms with Crippen LogP contribution in [-0.2, 0) is 39.4 Å². The van der Waals surface area contributed by atoms with Crippen LogP contribution in [0, 0.1) is 9.49 Å². The molecular formula is C33H35ClFIN2O4Si. The van der Waals surface area contributed by atoms with Gasteiger partial charge in [-0.15, -0.1) is 0 Å². The molecule has 3 aromatic carbocycles. The molecule has 1 saturated heterocycles. The van der Waals surface area contributed by atoms with Gasteiger partial charge >= 0.3 is 0 Å². The molecule has 5 atom stereocenters. The number of carbonyl (C=O) groups is 2. The van der Waals surface area contributed by atoms with Crippen LogP contribution in [0.1, 0.15) is 35.6 Å². The smallest absolute Gasteiger partial charge is 0.264 e. The summed E-state index contributed by atoms with van der Waals surface area (Å²) in [5.41, 5.74) is 2.36. The average Bonchev–Trinajstić information content (AvgIpc) is 3.38. The van der Waals surface area contributed by atoms with E-state index in [4.69, 9.17) is 16.3 Å². The van der Waals surface area contributed by atoms with Crippen molar-refractivity contribution in [2.45, 2.75) is 69.2 Å². The fraction of sp³-hybridized carbons (Fsp3) is 0.394. The van der Waals surface area contributed by atoms with Gasteiger partial charge in [0.1, 0.15) is 0 Å². The summed E-state index contributed by atoms with van der Waals surface area (Å²) < 4.78 is 24.1. The minimum Gasteiger partial charge on any atom is -0.394 e. The number of aliphatic hydroxyl groups is 1. The van der Waals surface area contributed by atoms with Gasteiger partial charge in [0.25, 0.3) is 5.91 Å². The second-order valence-electron chi connectivity index (χ2n) is 12.5. The summed E-state index contributed by atoms with van der Waals surface area (Å²) in [7, 11) is -3.46. The number of rotatable bonds is 6. The number of benzene rings is 3. The normalized spacial score (nSPS) is 26.6. The number of hydrogen-bond donors (Lipinski definition) is 1. The number of carbonyl (C=O) groups excluding carboxylic acids is 2. The lowest BCUT2D eigenvalue weighted by Gasteiger charge is -2.37. The van der Waals surface area contributed by atoms with Gasteiger partial charge in [0.15, 0.2) is 5.60 Å². The van der Waals surface area contributed by atoms with E-state index in [9.17, 15) is 14.7 Å². The first-order chi connectivity index (χ1) is 20.4. The summed E-state index contributed by atoms with van der Waals surface area (Å²) >= 11 is 8.74. The van der Waals surface area contributed by atoms with Gasteiger partial charge in [-0.2, -0.15) is 0 Å². The van der Waals surface area contributed by atoms with Crippen molar-refractivity contribution in [1.29, 1.82) is 0 Å². The molecule has 1 fully saturated rings. The van der Waals surface area contributed by atoms with E-state index in [0.29, 0.717) is 35.8 Å². The Morgan fingerprint density at radius 2 is 1.88 bits per heavy atom. The standard InChI is InChI=1S/C33H35ClFIN2O4Si/c1-20-31(43(2,3)35)29(16-30(40)37-18-23-9-5-4-8-22(23)14-26(37)19-39)42-33(20)27-15-24(34)11-12-28(27)38(32(33)41)17-21-7-6-10-25(36)13-21/h4-13,15,20,26,29,31,39H,14,16-19H2,1-3H3/t20-,26-,29+,31-,33+/m0/s1. The highest BCUT2D eigenvalue weighted by molar-refractivity contribution is 14.1. The molecule has 3 heterocycles. The van der Waals surface area contributed by atoms with Crippen LogP contribution in [0.4, 0.5) is 9.80 Å². The van der Waals surface area contributed by atoms with Crippen LogP contribution < -0.4 is 4.90 Å². The summed E-state index contributed by atoms with van der Waals surface area (Å²) in [5.74, 6) is -0.994. The largest absolute Gasteiger partial charge is 0.394 e. The Bertz CT molecular complexity index is 1580. The third-order valence-corrected chi connectivity index (χ3v) is 12.8. The molecule has 43 heavy (non-hydrogen) atoms. The van der Waals surface area contributed by atoms with E-state index in [2.05, 4.69) is 22.6 Å². The fourth-order valence-corrected chi connectivity index (χ4v) is 10.8. The molecular weight excluding hydrogens is 698 g/mol. The van der Waals surface area contributed by atoms with E-state index < -0.39 is 31.6 Å².